The third-order valence-electron chi connectivity index (χ3n) is 4.50. The second kappa shape index (κ2) is 11.4. The van der Waals surface area contributed by atoms with Gasteiger partial charge in [-0.05, 0) is 29.3 Å². The molecule has 2 aromatic carbocycles. The normalized spacial score (nSPS) is 11.2. The van der Waals surface area contributed by atoms with Crippen LogP contribution in [0.15, 0.2) is 77.8 Å². The van der Waals surface area contributed by atoms with Gasteiger partial charge in [0, 0.05) is 38.0 Å². The van der Waals surface area contributed by atoms with Crippen LogP contribution in [0.3, 0.4) is 0 Å². The number of methoxy groups -OCH3 is 1. The fourth-order valence-electron chi connectivity index (χ4n) is 2.78. The fourth-order valence-corrected chi connectivity index (χ4v) is 3.84. The largest absolute Gasteiger partial charge is 0.475 e. The molecule has 3 rings (SSSR count). The predicted octanol–water partition coefficient (Wildman–Crippen LogP) is 2.52. The number of nitrogens with one attached hydrogen (secondary N) is 2. The lowest BCUT2D eigenvalue weighted by atomic mass is 10.2. The molecule has 1 heterocycles. The number of rotatable bonds is 11. The molecule has 0 spiro atoms. The standard InChI is InChI=1S/C23H25N3O5S/c1-30-12-13-31-22-11-10-19(15-24-22)16-25-23(27)20-8-5-9-21(14-20)32(28,29)26-17-18-6-3-2-4-7-18/h2-11,14-15,26H,12-13,16-17H2,1H3,(H,25,27). The molecule has 0 aliphatic rings. The number of nitrogens with zero attached hydrogens (tertiary/aromatic N) is 1. The van der Waals surface area contributed by atoms with Crippen molar-refractivity contribution in [3.05, 3.63) is 89.6 Å². The summed E-state index contributed by atoms with van der Waals surface area (Å²) in [7, 11) is -2.17. The van der Waals surface area contributed by atoms with E-state index in [9.17, 15) is 13.2 Å². The van der Waals surface area contributed by atoms with Gasteiger partial charge in [-0.3, -0.25) is 4.79 Å². The summed E-state index contributed by atoms with van der Waals surface area (Å²) in [5, 5.41) is 2.77. The van der Waals surface area contributed by atoms with Crippen molar-refractivity contribution in [1.29, 1.82) is 0 Å². The first-order valence-corrected chi connectivity index (χ1v) is 11.4. The summed E-state index contributed by atoms with van der Waals surface area (Å²) >= 11 is 0. The molecule has 8 nitrogen and oxygen atoms in total. The molecule has 168 valence electrons. The van der Waals surface area contributed by atoms with Crippen LogP contribution in [-0.4, -0.2) is 39.6 Å². The van der Waals surface area contributed by atoms with Crippen LogP contribution in [0, 0.1) is 0 Å². The minimum atomic E-state index is -3.76. The highest BCUT2D eigenvalue weighted by atomic mass is 32.2. The molecular formula is C23H25N3O5S. The molecule has 0 saturated carbocycles. The molecule has 0 fully saturated rings. The van der Waals surface area contributed by atoms with Gasteiger partial charge in [0.15, 0.2) is 0 Å². The zero-order chi connectivity index (χ0) is 22.8. The monoisotopic (exact) mass is 455 g/mol. The second-order valence-corrected chi connectivity index (χ2v) is 8.63. The lowest BCUT2D eigenvalue weighted by molar-refractivity contribution is 0.0950. The van der Waals surface area contributed by atoms with Crippen molar-refractivity contribution in [1.82, 2.24) is 15.0 Å². The average molecular weight is 456 g/mol. The number of benzene rings is 2. The number of sulfonamides is 1. The molecule has 0 radical (unpaired) electrons. The SMILES string of the molecule is COCCOc1ccc(CNC(=O)c2cccc(S(=O)(=O)NCc3ccccc3)c2)cn1. The van der Waals surface area contributed by atoms with Crippen molar-refractivity contribution in [3.8, 4) is 5.88 Å². The Labute approximate surface area is 187 Å². The molecule has 32 heavy (non-hydrogen) atoms. The molecule has 2 N–H and O–H groups in total. The van der Waals surface area contributed by atoms with E-state index >= 15 is 0 Å². The molecule has 1 amide bonds. The van der Waals surface area contributed by atoms with Crippen LogP contribution < -0.4 is 14.8 Å². The van der Waals surface area contributed by atoms with Crippen LogP contribution in [0.1, 0.15) is 21.5 Å². The Bertz CT molecular complexity index is 1120. The molecule has 0 aliphatic heterocycles. The van der Waals surface area contributed by atoms with E-state index in [0.717, 1.165) is 11.1 Å². The summed E-state index contributed by atoms with van der Waals surface area (Å²) in [5.41, 5.74) is 1.87. The Hall–Kier alpha value is -3.27. The van der Waals surface area contributed by atoms with Gasteiger partial charge in [0.1, 0.15) is 6.61 Å². The van der Waals surface area contributed by atoms with Crippen LogP contribution in [-0.2, 0) is 27.8 Å². The van der Waals surface area contributed by atoms with Gasteiger partial charge in [0.25, 0.3) is 5.91 Å². The maximum atomic E-state index is 12.6. The first kappa shape index (κ1) is 23.4. The highest BCUT2D eigenvalue weighted by molar-refractivity contribution is 7.89. The number of ether oxygens (including phenoxy) is 2. The molecule has 0 saturated heterocycles. The van der Waals surface area contributed by atoms with Gasteiger partial charge >= 0.3 is 0 Å². The van der Waals surface area contributed by atoms with Crippen molar-refractivity contribution in [3.63, 3.8) is 0 Å². The van der Waals surface area contributed by atoms with Gasteiger partial charge in [-0.2, -0.15) is 0 Å². The van der Waals surface area contributed by atoms with Gasteiger partial charge in [-0.15, -0.1) is 0 Å². The van der Waals surface area contributed by atoms with Crippen LogP contribution >= 0.6 is 0 Å². The molecular weight excluding hydrogens is 430 g/mol. The number of carbonyl (C=O) groups excluding carboxylic acids is 1. The number of hydrogen-bond donors (Lipinski definition) is 2. The molecule has 3 aromatic rings. The molecule has 0 aliphatic carbocycles. The predicted molar refractivity (Wildman–Crippen MR) is 120 cm³/mol. The summed E-state index contributed by atoms with van der Waals surface area (Å²) in [6.07, 6.45) is 1.61. The first-order chi connectivity index (χ1) is 15.5. The van der Waals surface area contributed by atoms with E-state index in [1.54, 1.807) is 37.6 Å². The Morgan fingerprint density at radius 3 is 2.47 bits per heavy atom. The van der Waals surface area contributed by atoms with E-state index in [1.807, 2.05) is 30.3 Å². The minimum absolute atomic E-state index is 0.0281. The third-order valence-corrected chi connectivity index (χ3v) is 5.90. The van der Waals surface area contributed by atoms with E-state index in [2.05, 4.69) is 15.0 Å². The Kier molecular flexibility index (Phi) is 8.32. The minimum Gasteiger partial charge on any atom is -0.475 e. The maximum Gasteiger partial charge on any atom is 0.251 e. The third kappa shape index (κ3) is 6.88. The number of carbonyl (C=O) groups is 1. The highest BCUT2D eigenvalue weighted by Gasteiger charge is 2.16. The van der Waals surface area contributed by atoms with Gasteiger partial charge in [-0.1, -0.05) is 42.5 Å². The van der Waals surface area contributed by atoms with Gasteiger partial charge in [0.2, 0.25) is 15.9 Å². The van der Waals surface area contributed by atoms with E-state index in [0.29, 0.717) is 19.1 Å². The topological polar surface area (TPSA) is 107 Å². The zero-order valence-corrected chi connectivity index (χ0v) is 18.5. The van der Waals surface area contributed by atoms with Crippen LogP contribution in [0.2, 0.25) is 0 Å². The van der Waals surface area contributed by atoms with Crippen molar-refractivity contribution in [2.75, 3.05) is 20.3 Å². The lowest BCUT2D eigenvalue weighted by Crippen LogP contribution is -2.25. The molecule has 0 unspecified atom stereocenters. The quantitative estimate of drug-likeness (QED) is 0.430. The van der Waals surface area contributed by atoms with E-state index in [4.69, 9.17) is 9.47 Å². The van der Waals surface area contributed by atoms with Crippen LogP contribution in [0.25, 0.3) is 0 Å². The van der Waals surface area contributed by atoms with Gasteiger partial charge in [-0.25, -0.2) is 18.1 Å². The number of pyridine rings is 1. The van der Waals surface area contributed by atoms with Crippen LogP contribution in [0.5, 0.6) is 5.88 Å². The Balaban J connectivity index is 1.57. The summed E-state index contributed by atoms with van der Waals surface area (Å²) in [6, 6.07) is 18.6. The Morgan fingerprint density at radius 2 is 1.75 bits per heavy atom. The summed E-state index contributed by atoms with van der Waals surface area (Å²) < 4.78 is 38.1. The summed E-state index contributed by atoms with van der Waals surface area (Å²) in [6.45, 7) is 1.28. The van der Waals surface area contributed by atoms with Crippen LogP contribution in [0.4, 0.5) is 0 Å². The molecule has 0 bridgehead atoms. The smallest absolute Gasteiger partial charge is 0.251 e. The van der Waals surface area contributed by atoms with E-state index in [1.165, 1.54) is 12.1 Å². The van der Waals surface area contributed by atoms with Crippen molar-refractivity contribution in [2.24, 2.45) is 0 Å². The molecule has 9 heteroatoms. The van der Waals surface area contributed by atoms with E-state index in [-0.39, 0.29) is 29.5 Å². The number of hydrogen-bond acceptors (Lipinski definition) is 6. The maximum absolute atomic E-state index is 12.6. The molecule has 0 atom stereocenters. The Morgan fingerprint density at radius 1 is 0.938 bits per heavy atom. The van der Waals surface area contributed by atoms with Gasteiger partial charge < -0.3 is 14.8 Å². The van der Waals surface area contributed by atoms with Crippen molar-refractivity contribution in [2.45, 2.75) is 18.0 Å². The van der Waals surface area contributed by atoms with Crippen molar-refractivity contribution >= 4 is 15.9 Å². The van der Waals surface area contributed by atoms with E-state index < -0.39 is 10.0 Å². The first-order valence-electron chi connectivity index (χ1n) is 9.96. The summed E-state index contributed by atoms with van der Waals surface area (Å²) in [4.78, 5) is 16.7. The second-order valence-electron chi connectivity index (χ2n) is 6.87. The molecule has 1 aromatic heterocycles. The highest BCUT2D eigenvalue weighted by Crippen LogP contribution is 2.13. The lowest BCUT2D eigenvalue weighted by Gasteiger charge is -2.10. The van der Waals surface area contributed by atoms with Gasteiger partial charge in [0.05, 0.1) is 11.5 Å². The number of amides is 1. The average Bonchev–Trinajstić information content (AvgIpc) is 2.83. The zero-order valence-electron chi connectivity index (χ0n) is 17.7. The number of aromatic nitrogens is 1. The summed E-state index contributed by atoms with van der Waals surface area (Å²) in [5.74, 6) is 0.0866. The van der Waals surface area contributed by atoms with Crippen molar-refractivity contribution < 1.29 is 22.7 Å². The fraction of sp³-hybridized carbons (Fsp3) is 0.217.